The molecule has 0 saturated heterocycles. The minimum atomic E-state index is -0.354. The minimum Gasteiger partial charge on any atom is -0.352 e. The molecule has 0 spiro atoms. The maximum atomic E-state index is 5.07. The molecule has 4 heteroatoms. The van der Waals surface area contributed by atoms with E-state index in [9.17, 15) is 0 Å². The number of pyridine rings is 1. The molecule has 1 aromatic rings. The molecular weight excluding hydrogens is 222 g/mol. The standard InChI is InChI=1S/C8H10BrNO2/c1-11-8(12-2)6-5-10-4-3-7(6)9/h3-5,8H,1-2H3. The quantitative estimate of drug-likeness (QED) is 0.748. The summed E-state index contributed by atoms with van der Waals surface area (Å²) in [6.45, 7) is 0. The van der Waals surface area contributed by atoms with Gasteiger partial charge in [0.2, 0.25) is 0 Å². The Kier molecular flexibility index (Phi) is 3.65. The van der Waals surface area contributed by atoms with Crippen LogP contribution < -0.4 is 0 Å². The maximum Gasteiger partial charge on any atom is 0.185 e. The monoisotopic (exact) mass is 231 g/mol. The van der Waals surface area contributed by atoms with E-state index in [0.29, 0.717) is 0 Å². The molecule has 1 rings (SSSR count). The van der Waals surface area contributed by atoms with Crippen LogP contribution in [0.4, 0.5) is 0 Å². The summed E-state index contributed by atoms with van der Waals surface area (Å²) in [5.74, 6) is 0. The number of nitrogens with zero attached hydrogens (tertiary/aromatic N) is 1. The number of ether oxygens (including phenoxy) is 2. The Hall–Kier alpha value is -0.450. The second-order valence-corrected chi connectivity index (χ2v) is 3.05. The zero-order chi connectivity index (χ0) is 8.97. The molecule has 0 amide bonds. The Morgan fingerprint density at radius 2 is 2.08 bits per heavy atom. The van der Waals surface area contributed by atoms with E-state index in [0.717, 1.165) is 10.0 Å². The molecular formula is C8H10BrNO2. The van der Waals surface area contributed by atoms with Gasteiger partial charge in [-0.05, 0) is 6.07 Å². The first-order valence-electron chi connectivity index (χ1n) is 3.44. The van der Waals surface area contributed by atoms with Crippen LogP contribution in [0.5, 0.6) is 0 Å². The van der Waals surface area contributed by atoms with Gasteiger partial charge in [-0.3, -0.25) is 4.98 Å². The summed E-state index contributed by atoms with van der Waals surface area (Å²) in [5, 5.41) is 0. The summed E-state index contributed by atoms with van der Waals surface area (Å²) in [7, 11) is 3.18. The van der Waals surface area contributed by atoms with Crippen LogP contribution in [-0.2, 0) is 9.47 Å². The van der Waals surface area contributed by atoms with Gasteiger partial charge in [0, 0.05) is 36.6 Å². The van der Waals surface area contributed by atoms with Crippen LogP contribution in [-0.4, -0.2) is 19.2 Å². The second kappa shape index (κ2) is 4.54. The lowest BCUT2D eigenvalue weighted by Crippen LogP contribution is -2.04. The van der Waals surface area contributed by atoms with Crippen molar-refractivity contribution >= 4 is 15.9 Å². The Balaban J connectivity index is 2.92. The highest BCUT2D eigenvalue weighted by Gasteiger charge is 2.11. The molecule has 0 radical (unpaired) electrons. The Labute approximate surface area is 79.8 Å². The van der Waals surface area contributed by atoms with E-state index in [1.165, 1.54) is 0 Å². The van der Waals surface area contributed by atoms with Gasteiger partial charge in [-0.1, -0.05) is 15.9 Å². The SMILES string of the molecule is COC(OC)c1cnccc1Br. The van der Waals surface area contributed by atoms with Crippen molar-refractivity contribution in [3.8, 4) is 0 Å². The first-order chi connectivity index (χ1) is 5.79. The van der Waals surface area contributed by atoms with Crippen molar-refractivity contribution in [2.75, 3.05) is 14.2 Å². The van der Waals surface area contributed by atoms with Crippen LogP contribution in [0.2, 0.25) is 0 Å². The van der Waals surface area contributed by atoms with Gasteiger partial charge in [0.25, 0.3) is 0 Å². The third-order valence-corrected chi connectivity index (χ3v) is 2.20. The second-order valence-electron chi connectivity index (χ2n) is 2.20. The smallest absolute Gasteiger partial charge is 0.185 e. The molecule has 1 aromatic heterocycles. The van der Waals surface area contributed by atoms with Gasteiger partial charge in [-0.2, -0.15) is 0 Å². The number of rotatable bonds is 3. The Bertz CT molecular complexity index is 251. The van der Waals surface area contributed by atoms with Crippen molar-refractivity contribution in [1.29, 1.82) is 0 Å². The zero-order valence-electron chi connectivity index (χ0n) is 6.95. The fourth-order valence-corrected chi connectivity index (χ4v) is 1.32. The van der Waals surface area contributed by atoms with Gasteiger partial charge in [-0.15, -0.1) is 0 Å². The molecule has 0 unspecified atom stereocenters. The fraction of sp³-hybridized carbons (Fsp3) is 0.375. The molecule has 1 heterocycles. The van der Waals surface area contributed by atoms with Crippen LogP contribution in [0.3, 0.4) is 0 Å². The molecule has 0 fully saturated rings. The van der Waals surface area contributed by atoms with E-state index in [2.05, 4.69) is 20.9 Å². The summed E-state index contributed by atoms with van der Waals surface area (Å²) in [6, 6.07) is 1.85. The molecule has 3 nitrogen and oxygen atoms in total. The van der Waals surface area contributed by atoms with E-state index in [-0.39, 0.29) is 6.29 Å². The summed E-state index contributed by atoms with van der Waals surface area (Å²) in [4.78, 5) is 3.97. The van der Waals surface area contributed by atoms with E-state index >= 15 is 0 Å². The van der Waals surface area contributed by atoms with Crippen molar-refractivity contribution in [2.45, 2.75) is 6.29 Å². The zero-order valence-corrected chi connectivity index (χ0v) is 8.54. The minimum absolute atomic E-state index is 0.354. The normalized spacial score (nSPS) is 10.7. The largest absolute Gasteiger partial charge is 0.352 e. The molecule has 0 aliphatic heterocycles. The summed E-state index contributed by atoms with van der Waals surface area (Å²) >= 11 is 3.38. The van der Waals surface area contributed by atoms with Crippen LogP contribution in [0.25, 0.3) is 0 Å². The van der Waals surface area contributed by atoms with Crippen molar-refractivity contribution in [3.63, 3.8) is 0 Å². The molecule has 0 N–H and O–H groups in total. The average molecular weight is 232 g/mol. The lowest BCUT2D eigenvalue weighted by molar-refractivity contribution is -0.106. The maximum absolute atomic E-state index is 5.07. The summed E-state index contributed by atoms with van der Waals surface area (Å²) < 4.78 is 11.1. The Morgan fingerprint density at radius 1 is 1.42 bits per heavy atom. The van der Waals surface area contributed by atoms with Gasteiger partial charge in [0.1, 0.15) is 0 Å². The van der Waals surface area contributed by atoms with Gasteiger partial charge in [0.15, 0.2) is 6.29 Å². The lowest BCUT2D eigenvalue weighted by atomic mass is 10.3. The molecule has 0 saturated carbocycles. The highest BCUT2D eigenvalue weighted by molar-refractivity contribution is 9.10. The molecule has 12 heavy (non-hydrogen) atoms. The number of hydrogen-bond acceptors (Lipinski definition) is 3. The molecule has 0 bridgehead atoms. The summed E-state index contributed by atoms with van der Waals surface area (Å²) in [6.07, 6.45) is 3.06. The predicted molar refractivity (Wildman–Crippen MR) is 48.7 cm³/mol. The van der Waals surface area contributed by atoms with Crippen molar-refractivity contribution in [1.82, 2.24) is 4.98 Å². The van der Waals surface area contributed by atoms with Crippen molar-refractivity contribution in [2.24, 2.45) is 0 Å². The van der Waals surface area contributed by atoms with Crippen molar-refractivity contribution < 1.29 is 9.47 Å². The number of halogens is 1. The third-order valence-electron chi connectivity index (χ3n) is 1.48. The molecule has 66 valence electrons. The topological polar surface area (TPSA) is 31.4 Å². The van der Waals surface area contributed by atoms with Gasteiger partial charge < -0.3 is 9.47 Å². The molecule has 0 aromatic carbocycles. The molecule has 0 atom stereocenters. The van der Waals surface area contributed by atoms with Gasteiger partial charge in [0.05, 0.1) is 0 Å². The Morgan fingerprint density at radius 3 is 2.58 bits per heavy atom. The van der Waals surface area contributed by atoms with Crippen molar-refractivity contribution in [3.05, 3.63) is 28.5 Å². The highest BCUT2D eigenvalue weighted by Crippen LogP contribution is 2.24. The molecule has 0 aliphatic rings. The van der Waals surface area contributed by atoms with Crippen LogP contribution >= 0.6 is 15.9 Å². The predicted octanol–water partition coefficient (Wildman–Crippen LogP) is 2.14. The summed E-state index contributed by atoms with van der Waals surface area (Å²) in [5.41, 5.74) is 0.891. The van der Waals surface area contributed by atoms with Gasteiger partial charge in [-0.25, -0.2) is 0 Å². The number of aromatic nitrogens is 1. The van der Waals surface area contributed by atoms with E-state index in [1.807, 2.05) is 6.07 Å². The van der Waals surface area contributed by atoms with Crippen LogP contribution in [0, 0.1) is 0 Å². The van der Waals surface area contributed by atoms with E-state index in [4.69, 9.17) is 9.47 Å². The van der Waals surface area contributed by atoms with E-state index in [1.54, 1.807) is 26.6 Å². The highest BCUT2D eigenvalue weighted by atomic mass is 79.9. The lowest BCUT2D eigenvalue weighted by Gasteiger charge is -2.13. The van der Waals surface area contributed by atoms with Crippen LogP contribution in [0.1, 0.15) is 11.9 Å². The average Bonchev–Trinajstić information content (AvgIpc) is 2.10. The number of hydrogen-bond donors (Lipinski definition) is 0. The third kappa shape index (κ3) is 2.03. The number of methoxy groups -OCH3 is 2. The van der Waals surface area contributed by atoms with Crippen LogP contribution in [0.15, 0.2) is 22.9 Å². The van der Waals surface area contributed by atoms with Gasteiger partial charge >= 0.3 is 0 Å². The van der Waals surface area contributed by atoms with E-state index < -0.39 is 0 Å². The molecule has 0 aliphatic carbocycles. The fourth-order valence-electron chi connectivity index (χ4n) is 0.913. The first-order valence-corrected chi connectivity index (χ1v) is 4.24. The first kappa shape index (κ1) is 9.64.